The molecule has 0 spiro atoms. The number of rotatable bonds is 3. The molecule has 1 N–H and O–H groups in total. The normalized spacial score (nSPS) is 14.5. The first kappa shape index (κ1) is 16.9. The van der Waals surface area contributed by atoms with E-state index >= 15 is 0 Å². The molecule has 1 aromatic carbocycles. The minimum atomic E-state index is -0.0553. The third-order valence-corrected chi connectivity index (χ3v) is 5.75. The van der Waals surface area contributed by atoms with Crippen molar-refractivity contribution in [2.75, 3.05) is 7.05 Å². The van der Waals surface area contributed by atoms with E-state index in [9.17, 15) is 4.79 Å². The third-order valence-electron chi connectivity index (χ3n) is 4.40. The lowest BCUT2D eigenvalue weighted by atomic mass is 9.98. The monoisotopic (exact) mass is 344 g/mol. The summed E-state index contributed by atoms with van der Waals surface area (Å²) in [7, 11) is 1.87. The summed E-state index contributed by atoms with van der Waals surface area (Å²) in [6, 6.07) is 8.59. The highest BCUT2D eigenvalue weighted by molar-refractivity contribution is 7.11. The van der Waals surface area contributed by atoms with Gasteiger partial charge in [0.25, 0.3) is 0 Å². The second kappa shape index (κ2) is 6.51. The van der Waals surface area contributed by atoms with Gasteiger partial charge in [0.15, 0.2) is 0 Å². The molecule has 0 saturated carbocycles. The third kappa shape index (κ3) is 3.59. The van der Waals surface area contributed by atoms with Crippen molar-refractivity contribution >= 4 is 17.4 Å². The number of benzene rings is 1. The van der Waals surface area contributed by atoms with Crippen LogP contribution in [0.5, 0.6) is 0 Å². The molecule has 0 atom stereocenters. The fourth-order valence-corrected chi connectivity index (χ4v) is 3.72. The lowest BCUT2D eigenvalue weighted by Gasteiger charge is -2.24. The van der Waals surface area contributed by atoms with Crippen LogP contribution in [0.1, 0.15) is 41.9 Å². The van der Waals surface area contributed by atoms with Crippen molar-refractivity contribution in [2.24, 2.45) is 0 Å². The van der Waals surface area contributed by atoms with E-state index < -0.39 is 0 Å². The van der Waals surface area contributed by atoms with Crippen LogP contribution < -0.4 is 5.32 Å². The zero-order valence-electron chi connectivity index (χ0n) is 14.7. The Morgan fingerprint density at radius 3 is 2.42 bits per heavy atom. The number of hydrogen-bond donors (Lipinski definition) is 1. The first-order valence-electron chi connectivity index (χ1n) is 8.25. The van der Waals surface area contributed by atoms with E-state index in [1.54, 1.807) is 11.3 Å². The van der Waals surface area contributed by atoms with Crippen molar-refractivity contribution < 1.29 is 4.79 Å². The molecule has 0 aliphatic heterocycles. The zero-order valence-corrected chi connectivity index (χ0v) is 15.5. The number of hydrogen-bond acceptors (Lipinski definition) is 4. The van der Waals surface area contributed by atoms with Crippen LogP contribution in [0.3, 0.4) is 0 Å². The molecule has 0 radical (unpaired) electrons. The second-order valence-corrected chi connectivity index (χ2v) is 8.41. The Bertz CT molecular complexity index is 710. The average Bonchev–Trinajstić information content (AvgIpc) is 3.17. The van der Waals surface area contributed by atoms with Crippen LogP contribution in [0.25, 0.3) is 0 Å². The van der Waals surface area contributed by atoms with Crippen LogP contribution in [-0.2, 0) is 24.8 Å². The van der Waals surface area contributed by atoms with E-state index in [1.165, 1.54) is 11.1 Å². The minimum absolute atomic E-state index is 0.00760. The smallest absolute Gasteiger partial charge is 0.317 e. The highest BCUT2D eigenvalue weighted by Gasteiger charge is 2.27. The van der Waals surface area contributed by atoms with E-state index in [0.29, 0.717) is 6.54 Å². The molecule has 6 heteroatoms. The molecule has 1 heterocycles. The van der Waals surface area contributed by atoms with Crippen LogP contribution in [-0.4, -0.2) is 34.2 Å². The molecule has 0 bridgehead atoms. The Kier molecular flexibility index (Phi) is 4.58. The topological polar surface area (TPSA) is 58.1 Å². The van der Waals surface area contributed by atoms with Crippen LogP contribution >= 0.6 is 11.3 Å². The zero-order chi connectivity index (χ0) is 17.3. The van der Waals surface area contributed by atoms with Crippen molar-refractivity contribution in [3.63, 3.8) is 0 Å². The van der Waals surface area contributed by atoms with Crippen molar-refractivity contribution in [1.82, 2.24) is 20.4 Å². The Hall–Kier alpha value is -1.95. The number of carbonyl (C=O) groups is 1. The molecule has 0 fully saturated rings. The summed E-state index contributed by atoms with van der Waals surface area (Å²) >= 11 is 1.56. The van der Waals surface area contributed by atoms with Crippen molar-refractivity contribution in [3.05, 3.63) is 45.4 Å². The molecule has 2 amide bonds. The molecule has 5 nitrogen and oxygen atoms in total. The van der Waals surface area contributed by atoms with Crippen LogP contribution in [0.2, 0.25) is 0 Å². The molecule has 24 heavy (non-hydrogen) atoms. The van der Waals surface area contributed by atoms with Gasteiger partial charge in [-0.1, -0.05) is 56.4 Å². The standard InChI is InChI=1S/C18H24N4OS/c1-18(2,3)16-21-20-15(24-16)11-19-17(23)22(4)14-9-12-7-5-6-8-13(12)10-14/h5-8,14H,9-11H2,1-4H3,(H,19,23). The molecule has 128 valence electrons. The largest absolute Gasteiger partial charge is 0.331 e. The number of aromatic nitrogens is 2. The molecule has 1 aliphatic carbocycles. The van der Waals surface area contributed by atoms with Crippen molar-refractivity contribution in [1.29, 1.82) is 0 Å². The Labute approximate surface area is 147 Å². The van der Waals surface area contributed by atoms with Gasteiger partial charge < -0.3 is 10.2 Å². The maximum Gasteiger partial charge on any atom is 0.317 e. The van der Waals surface area contributed by atoms with Gasteiger partial charge in [0.2, 0.25) is 0 Å². The van der Waals surface area contributed by atoms with Gasteiger partial charge in [0.1, 0.15) is 10.0 Å². The lowest BCUT2D eigenvalue weighted by Crippen LogP contribution is -2.43. The molecule has 0 unspecified atom stereocenters. The van der Waals surface area contributed by atoms with E-state index in [2.05, 4.69) is 60.6 Å². The highest BCUT2D eigenvalue weighted by Crippen LogP contribution is 2.26. The highest BCUT2D eigenvalue weighted by atomic mass is 32.1. The fourth-order valence-electron chi connectivity index (χ4n) is 2.88. The summed E-state index contributed by atoms with van der Waals surface area (Å²) in [6.45, 7) is 6.76. The van der Waals surface area contributed by atoms with Gasteiger partial charge in [-0.3, -0.25) is 0 Å². The van der Waals surface area contributed by atoms with E-state index in [4.69, 9.17) is 0 Å². The first-order valence-corrected chi connectivity index (χ1v) is 9.06. The van der Waals surface area contributed by atoms with E-state index in [0.717, 1.165) is 22.9 Å². The van der Waals surface area contributed by atoms with Gasteiger partial charge in [0, 0.05) is 18.5 Å². The number of urea groups is 1. The predicted molar refractivity (Wildman–Crippen MR) is 96.2 cm³/mol. The fraction of sp³-hybridized carbons (Fsp3) is 0.500. The van der Waals surface area contributed by atoms with Gasteiger partial charge in [-0.05, 0) is 24.0 Å². The van der Waals surface area contributed by atoms with E-state index in [1.807, 2.05) is 11.9 Å². The van der Waals surface area contributed by atoms with Crippen LogP contribution in [0.4, 0.5) is 4.79 Å². The van der Waals surface area contributed by atoms with Gasteiger partial charge in [0.05, 0.1) is 6.54 Å². The maximum atomic E-state index is 12.4. The predicted octanol–water partition coefficient (Wildman–Crippen LogP) is 3.14. The SMILES string of the molecule is CN(C(=O)NCc1nnc(C(C)(C)C)s1)C1Cc2ccccc2C1. The quantitative estimate of drug-likeness (QED) is 0.930. The summed E-state index contributed by atoms with van der Waals surface area (Å²) in [5.74, 6) is 0. The van der Waals surface area contributed by atoms with Gasteiger partial charge >= 0.3 is 6.03 Å². The van der Waals surface area contributed by atoms with Crippen LogP contribution in [0.15, 0.2) is 24.3 Å². The van der Waals surface area contributed by atoms with Crippen molar-refractivity contribution in [3.8, 4) is 0 Å². The van der Waals surface area contributed by atoms with Gasteiger partial charge in [-0.15, -0.1) is 10.2 Å². The van der Waals surface area contributed by atoms with Gasteiger partial charge in [-0.2, -0.15) is 0 Å². The van der Waals surface area contributed by atoms with Crippen LogP contribution in [0, 0.1) is 0 Å². The minimum Gasteiger partial charge on any atom is -0.331 e. The van der Waals surface area contributed by atoms with E-state index in [-0.39, 0.29) is 17.5 Å². The molecule has 1 aliphatic rings. The summed E-state index contributed by atoms with van der Waals surface area (Å²) in [4.78, 5) is 14.2. The summed E-state index contributed by atoms with van der Waals surface area (Å²) < 4.78 is 0. The molecule has 2 aromatic rings. The number of nitrogens with one attached hydrogen (secondary N) is 1. The Morgan fingerprint density at radius 2 is 1.88 bits per heavy atom. The number of carbonyl (C=O) groups excluding carboxylic acids is 1. The molecular weight excluding hydrogens is 320 g/mol. The molecule has 3 rings (SSSR count). The van der Waals surface area contributed by atoms with Gasteiger partial charge in [-0.25, -0.2) is 4.79 Å². The summed E-state index contributed by atoms with van der Waals surface area (Å²) in [6.07, 6.45) is 1.85. The Balaban J connectivity index is 1.55. The van der Waals surface area contributed by atoms with Crippen molar-refractivity contribution in [2.45, 2.75) is 51.6 Å². The number of nitrogens with zero attached hydrogens (tertiary/aromatic N) is 3. The first-order chi connectivity index (χ1) is 11.3. The maximum absolute atomic E-state index is 12.4. The number of amides is 2. The number of fused-ring (bicyclic) bond motifs is 1. The second-order valence-electron chi connectivity index (χ2n) is 7.35. The summed E-state index contributed by atoms with van der Waals surface area (Å²) in [5, 5.41) is 13.2. The molecule has 0 saturated heterocycles. The average molecular weight is 344 g/mol. The molecular formula is C18H24N4OS. The lowest BCUT2D eigenvalue weighted by molar-refractivity contribution is 0.191. The summed E-state index contributed by atoms with van der Waals surface area (Å²) in [5.41, 5.74) is 2.69. The Morgan fingerprint density at radius 1 is 1.25 bits per heavy atom. The molecule has 1 aromatic heterocycles. The number of likely N-dealkylation sites (N-methyl/N-ethyl adjacent to an activating group) is 1.